The van der Waals surface area contributed by atoms with E-state index in [2.05, 4.69) is 39.7 Å². The van der Waals surface area contributed by atoms with Crippen LogP contribution in [0.2, 0.25) is 0 Å². The number of hydrogen-bond donors (Lipinski definition) is 1. The summed E-state index contributed by atoms with van der Waals surface area (Å²) < 4.78 is 1.76. The molecule has 1 N–H and O–H groups in total. The molecule has 0 aliphatic carbocycles. The predicted octanol–water partition coefficient (Wildman–Crippen LogP) is 4.01. The zero-order valence-electron chi connectivity index (χ0n) is 16.2. The first-order valence-corrected chi connectivity index (χ1v) is 9.51. The Labute approximate surface area is 170 Å². The van der Waals surface area contributed by atoms with E-state index in [0.717, 1.165) is 27.8 Å². The van der Waals surface area contributed by atoms with E-state index < -0.39 is 0 Å². The molecule has 5 nitrogen and oxygen atoms in total. The minimum Gasteiger partial charge on any atom is -0.352 e. The second-order valence-electron chi connectivity index (χ2n) is 7.00. The number of pyridine rings is 1. The van der Waals surface area contributed by atoms with Gasteiger partial charge in [-0.15, -0.1) is 0 Å². The monoisotopic (exact) mass is 382 g/mol. The van der Waals surface area contributed by atoms with Crippen LogP contribution in [0.25, 0.3) is 22.3 Å². The highest BCUT2D eigenvalue weighted by Crippen LogP contribution is 2.20. The van der Waals surface area contributed by atoms with Crippen LogP contribution in [0.5, 0.6) is 0 Å². The van der Waals surface area contributed by atoms with Gasteiger partial charge in [-0.05, 0) is 28.3 Å². The van der Waals surface area contributed by atoms with Gasteiger partial charge in [0.25, 0.3) is 0 Å². The van der Waals surface area contributed by atoms with Gasteiger partial charge in [0.1, 0.15) is 0 Å². The minimum absolute atomic E-state index is 0.00996. The zero-order chi connectivity index (χ0) is 20.1. The van der Waals surface area contributed by atoms with Gasteiger partial charge in [0.2, 0.25) is 5.91 Å². The lowest BCUT2D eigenvalue weighted by atomic mass is 10.0. The SMILES string of the molecule is Cn1cc(-c2cncc(CNC(=O)Cc3ccc(-c4ccccc4)cc3)c2)cn1. The van der Waals surface area contributed by atoms with E-state index in [1.165, 1.54) is 5.56 Å². The van der Waals surface area contributed by atoms with Gasteiger partial charge in [0.05, 0.1) is 12.6 Å². The van der Waals surface area contributed by atoms with Gasteiger partial charge < -0.3 is 5.32 Å². The summed E-state index contributed by atoms with van der Waals surface area (Å²) in [5.41, 5.74) is 6.26. The molecule has 29 heavy (non-hydrogen) atoms. The average Bonchev–Trinajstić information content (AvgIpc) is 3.20. The normalized spacial score (nSPS) is 10.7. The number of aryl methyl sites for hydroxylation is 1. The molecule has 0 saturated carbocycles. The molecule has 144 valence electrons. The first kappa shape index (κ1) is 18.6. The van der Waals surface area contributed by atoms with Crippen LogP contribution >= 0.6 is 0 Å². The third-order valence-corrected chi connectivity index (χ3v) is 4.75. The standard InChI is InChI=1S/C24H22N4O/c1-28-17-23(16-27-28)22-11-19(13-25-15-22)14-26-24(29)12-18-7-9-21(10-8-18)20-5-3-2-4-6-20/h2-11,13,15-17H,12,14H2,1H3,(H,26,29). The van der Waals surface area contributed by atoms with E-state index in [-0.39, 0.29) is 5.91 Å². The summed E-state index contributed by atoms with van der Waals surface area (Å²) in [5, 5.41) is 7.17. The molecule has 0 spiro atoms. The first-order valence-electron chi connectivity index (χ1n) is 9.51. The van der Waals surface area contributed by atoms with Gasteiger partial charge in [0.15, 0.2) is 0 Å². The van der Waals surface area contributed by atoms with Gasteiger partial charge >= 0.3 is 0 Å². The summed E-state index contributed by atoms with van der Waals surface area (Å²) in [7, 11) is 1.88. The van der Waals surface area contributed by atoms with Crippen molar-refractivity contribution in [3.8, 4) is 22.3 Å². The Morgan fingerprint density at radius 3 is 2.34 bits per heavy atom. The van der Waals surface area contributed by atoms with Gasteiger partial charge in [-0.2, -0.15) is 5.10 Å². The summed E-state index contributed by atoms with van der Waals surface area (Å²) in [5.74, 6) is -0.00996. The van der Waals surface area contributed by atoms with Crippen LogP contribution in [-0.4, -0.2) is 20.7 Å². The van der Waals surface area contributed by atoms with Crippen molar-refractivity contribution in [1.82, 2.24) is 20.1 Å². The van der Waals surface area contributed by atoms with Crippen LogP contribution in [0.15, 0.2) is 85.5 Å². The number of nitrogens with one attached hydrogen (secondary N) is 1. The van der Waals surface area contributed by atoms with Crippen LogP contribution in [0.3, 0.4) is 0 Å². The highest BCUT2D eigenvalue weighted by molar-refractivity contribution is 5.79. The van der Waals surface area contributed by atoms with E-state index in [1.54, 1.807) is 23.3 Å². The molecule has 4 rings (SSSR count). The van der Waals surface area contributed by atoms with Crippen LogP contribution in [0.4, 0.5) is 0 Å². The molecule has 1 amide bonds. The summed E-state index contributed by atoms with van der Waals surface area (Å²) in [6, 6.07) is 20.4. The topological polar surface area (TPSA) is 59.8 Å². The molecular weight excluding hydrogens is 360 g/mol. The molecule has 5 heteroatoms. The third-order valence-electron chi connectivity index (χ3n) is 4.75. The molecule has 4 aromatic rings. The number of amides is 1. The average molecular weight is 382 g/mol. The smallest absolute Gasteiger partial charge is 0.224 e. The Morgan fingerprint density at radius 1 is 0.862 bits per heavy atom. The summed E-state index contributed by atoms with van der Waals surface area (Å²) in [6.07, 6.45) is 7.67. The van der Waals surface area contributed by atoms with Crippen LogP contribution in [-0.2, 0) is 24.8 Å². The van der Waals surface area contributed by atoms with E-state index in [4.69, 9.17) is 0 Å². The fraction of sp³-hybridized carbons (Fsp3) is 0.125. The van der Waals surface area contributed by atoms with Crippen molar-refractivity contribution < 1.29 is 4.79 Å². The molecule has 2 aromatic carbocycles. The lowest BCUT2D eigenvalue weighted by molar-refractivity contribution is -0.120. The fourth-order valence-electron chi connectivity index (χ4n) is 3.21. The molecule has 0 aliphatic heterocycles. The van der Waals surface area contributed by atoms with Gasteiger partial charge in [0, 0.05) is 43.3 Å². The number of carbonyl (C=O) groups excluding carboxylic acids is 1. The van der Waals surface area contributed by atoms with Gasteiger partial charge in [-0.3, -0.25) is 14.5 Å². The number of benzene rings is 2. The predicted molar refractivity (Wildman–Crippen MR) is 114 cm³/mol. The van der Waals surface area contributed by atoms with Crippen molar-refractivity contribution in [3.63, 3.8) is 0 Å². The maximum Gasteiger partial charge on any atom is 0.224 e. The number of nitrogens with zero attached hydrogens (tertiary/aromatic N) is 3. The third kappa shape index (κ3) is 4.76. The van der Waals surface area contributed by atoms with Crippen LogP contribution < -0.4 is 5.32 Å². The molecule has 0 fully saturated rings. The van der Waals surface area contributed by atoms with E-state index in [9.17, 15) is 4.79 Å². The second kappa shape index (κ2) is 8.52. The quantitative estimate of drug-likeness (QED) is 0.548. The molecule has 0 unspecified atom stereocenters. The number of aromatic nitrogens is 3. The Balaban J connectivity index is 1.34. The minimum atomic E-state index is -0.00996. The summed E-state index contributed by atoms with van der Waals surface area (Å²) >= 11 is 0. The second-order valence-corrected chi connectivity index (χ2v) is 7.00. The lowest BCUT2D eigenvalue weighted by Gasteiger charge is -2.07. The molecule has 0 aliphatic rings. The molecule has 0 atom stereocenters. The van der Waals surface area contributed by atoms with E-state index in [0.29, 0.717) is 13.0 Å². The zero-order valence-corrected chi connectivity index (χ0v) is 16.2. The Morgan fingerprint density at radius 2 is 1.62 bits per heavy atom. The maximum absolute atomic E-state index is 12.4. The summed E-state index contributed by atoms with van der Waals surface area (Å²) in [6.45, 7) is 0.446. The van der Waals surface area contributed by atoms with Gasteiger partial charge in [-0.25, -0.2) is 0 Å². The number of hydrogen-bond acceptors (Lipinski definition) is 3. The fourth-order valence-corrected chi connectivity index (χ4v) is 3.21. The van der Waals surface area contributed by atoms with Crippen molar-refractivity contribution in [2.75, 3.05) is 0 Å². The lowest BCUT2D eigenvalue weighted by Crippen LogP contribution is -2.24. The maximum atomic E-state index is 12.4. The first-order chi connectivity index (χ1) is 14.2. The molecule has 0 radical (unpaired) electrons. The van der Waals surface area contributed by atoms with E-state index >= 15 is 0 Å². The van der Waals surface area contributed by atoms with Crippen LogP contribution in [0.1, 0.15) is 11.1 Å². The Hall–Kier alpha value is -3.73. The van der Waals surface area contributed by atoms with Crippen molar-refractivity contribution in [2.24, 2.45) is 7.05 Å². The highest BCUT2D eigenvalue weighted by Gasteiger charge is 2.06. The largest absolute Gasteiger partial charge is 0.352 e. The number of rotatable bonds is 6. The summed E-state index contributed by atoms with van der Waals surface area (Å²) in [4.78, 5) is 16.6. The molecule has 0 bridgehead atoms. The molecule has 2 aromatic heterocycles. The van der Waals surface area contributed by atoms with Crippen molar-refractivity contribution in [1.29, 1.82) is 0 Å². The molecular formula is C24H22N4O. The number of carbonyl (C=O) groups is 1. The van der Waals surface area contributed by atoms with Gasteiger partial charge in [-0.1, -0.05) is 54.6 Å². The van der Waals surface area contributed by atoms with Crippen molar-refractivity contribution in [2.45, 2.75) is 13.0 Å². The highest BCUT2D eigenvalue weighted by atomic mass is 16.1. The Bertz CT molecular complexity index is 1100. The van der Waals surface area contributed by atoms with E-state index in [1.807, 2.05) is 49.6 Å². The van der Waals surface area contributed by atoms with Crippen molar-refractivity contribution >= 4 is 5.91 Å². The molecule has 0 saturated heterocycles. The molecule has 2 heterocycles. The Kier molecular flexibility index (Phi) is 5.47. The van der Waals surface area contributed by atoms with Crippen LogP contribution in [0, 0.1) is 0 Å². The van der Waals surface area contributed by atoms with Crippen molar-refractivity contribution in [3.05, 3.63) is 96.6 Å².